The van der Waals surface area contributed by atoms with Crippen LogP contribution in [0.25, 0.3) is 21.3 Å². The fraction of sp³-hybridized carbons (Fsp3) is 0. The van der Waals surface area contributed by atoms with Crippen molar-refractivity contribution in [2.75, 3.05) is 0 Å². The number of fused-ring (bicyclic) bond motifs is 1. The lowest BCUT2D eigenvalue weighted by Crippen LogP contribution is -2.12. The van der Waals surface area contributed by atoms with Gasteiger partial charge in [0, 0.05) is 16.0 Å². The van der Waals surface area contributed by atoms with E-state index in [1.54, 1.807) is 24.3 Å². The Labute approximate surface area is 158 Å². The summed E-state index contributed by atoms with van der Waals surface area (Å²) < 4.78 is 5.96. The third kappa shape index (κ3) is 3.00. The summed E-state index contributed by atoms with van der Waals surface area (Å²) in [5, 5.41) is 3.44. The maximum atomic E-state index is 11.6. The van der Waals surface area contributed by atoms with Crippen molar-refractivity contribution in [3.05, 3.63) is 70.8 Å². The molecule has 0 atom stereocenters. The second-order valence-electron chi connectivity index (χ2n) is 5.48. The molecular formula is C19H12ClN3O2S. The fourth-order valence-corrected chi connectivity index (χ4v) is 3.66. The number of carbonyl (C=O) groups is 1. The van der Waals surface area contributed by atoms with E-state index in [2.05, 4.69) is 9.97 Å². The largest absolute Gasteiger partial charge is 0.437 e. The Morgan fingerprint density at radius 1 is 1.08 bits per heavy atom. The van der Waals surface area contributed by atoms with Crippen LogP contribution >= 0.6 is 22.9 Å². The molecule has 4 aromatic rings. The molecular weight excluding hydrogens is 370 g/mol. The van der Waals surface area contributed by atoms with E-state index in [-0.39, 0.29) is 0 Å². The molecule has 2 aromatic heterocycles. The van der Waals surface area contributed by atoms with Gasteiger partial charge in [0.05, 0.1) is 10.9 Å². The number of para-hydroxylation sites is 1. The van der Waals surface area contributed by atoms with Crippen LogP contribution in [0.2, 0.25) is 5.02 Å². The topological polar surface area (TPSA) is 78.1 Å². The minimum absolute atomic E-state index is 0.294. The molecule has 4 rings (SSSR count). The Kier molecular flexibility index (Phi) is 4.28. The highest BCUT2D eigenvalue weighted by Crippen LogP contribution is 2.39. The first-order valence-corrected chi connectivity index (χ1v) is 8.94. The highest BCUT2D eigenvalue weighted by molar-refractivity contribution is 7.17. The van der Waals surface area contributed by atoms with Crippen LogP contribution in [0.15, 0.2) is 60.2 Å². The Hall–Kier alpha value is -2.96. The molecule has 26 heavy (non-hydrogen) atoms. The summed E-state index contributed by atoms with van der Waals surface area (Å²) in [6, 6.07) is 14.3. The zero-order chi connectivity index (χ0) is 18.1. The van der Waals surface area contributed by atoms with Crippen molar-refractivity contribution in [3.8, 4) is 22.8 Å². The predicted octanol–water partition coefficient (Wildman–Crippen LogP) is 4.90. The summed E-state index contributed by atoms with van der Waals surface area (Å²) in [4.78, 5) is 21.0. The quantitative estimate of drug-likeness (QED) is 0.545. The molecule has 7 heteroatoms. The summed E-state index contributed by atoms with van der Waals surface area (Å²) in [5.41, 5.74) is 7.64. The van der Waals surface area contributed by atoms with Crippen LogP contribution in [0.1, 0.15) is 10.4 Å². The van der Waals surface area contributed by atoms with E-state index in [1.807, 2.05) is 29.6 Å². The number of aromatic nitrogens is 2. The van der Waals surface area contributed by atoms with Gasteiger partial charge in [-0.25, -0.2) is 9.97 Å². The Balaban J connectivity index is 1.85. The van der Waals surface area contributed by atoms with Crippen LogP contribution in [0.5, 0.6) is 11.6 Å². The number of ether oxygens (including phenoxy) is 1. The minimum atomic E-state index is -0.561. The van der Waals surface area contributed by atoms with E-state index in [0.29, 0.717) is 22.2 Å². The standard InChI is InChI=1S/C19H12ClN3O2S/c20-12-7-5-11(6-8-12)14-9-26-19-16(14)18(22-10-23-19)25-15-4-2-1-3-13(15)17(21)24/h1-10H,(H2,21,24). The highest BCUT2D eigenvalue weighted by atomic mass is 35.5. The van der Waals surface area contributed by atoms with Crippen LogP contribution in [0.4, 0.5) is 0 Å². The molecule has 1 amide bonds. The van der Waals surface area contributed by atoms with Gasteiger partial charge in [0.15, 0.2) is 0 Å². The molecule has 2 heterocycles. The Bertz CT molecular complexity index is 1110. The molecule has 0 aliphatic rings. The fourth-order valence-electron chi connectivity index (χ4n) is 2.63. The van der Waals surface area contributed by atoms with Gasteiger partial charge in [0.2, 0.25) is 5.88 Å². The molecule has 0 radical (unpaired) electrons. The molecule has 0 unspecified atom stereocenters. The van der Waals surface area contributed by atoms with Crippen molar-refractivity contribution >= 4 is 39.1 Å². The van der Waals surface area contributed by atoms with Gasteiger partial charge in [-0.05, 0) is 29.8 Å². The van der Waals surface area contributed by atoms with Crippen molar-refractivity contribution in [2.45, 2.75) is 0 Å². The van der Waals surface area contributed by atoms with E-state index in [9.17, 15) is 4.79 Å². The predicted molar refractivity (Wildman–Crippen MR) is 103 cm³/mol. The van der Waals surface area contributed by atoms with E-state index in [1.165, 1.54) is 17.7 Å². The molecule has 0 saturated heterocycles. The normalized spacial score (nSPS) is 10.8. The lowest BCUT2D eigenvalue weighted by atomic mass is 10.1. The highest BCUT2D eigenvalue weighted by Gasteiger charge is 2.17. The van der Waals surface area contributed by atoms with E-state index >= 15 is 0 Å². The number of amides is 1. The van der Waals surface area contributed by atoms with E-state index in [4.69, 9.17) is 22.1 Å². The summed E-state index contributed by atoms with van der Waals surface area (Å²) in [6.45, 7) is 0. The van der Waals surface area contributed by atoms with Crippen molar-refractivity contribution in [1.29, 1.82) is 0 Å². The van der Waals surface area contributed by atoms with Gasteiger partial charge in [0.1, 0.15) is 16.9 Å². The number of halogens is 1. The zero-order valence-corrected chi connectivity index (χ0v) is 14.9. The van der Waals surface area contributed by atoms with E-state index < -0.39 is 5.91 Å². The van der Waals surface area contributed by atoms with Gasteiger partial charge >= 0.3 is 0 Å². The number of thiophene rings is 1. The van der Waals surface area contributed by atoms with Crippen molar-refractivity contribution in [1.82, 2.24) is 9.97 Å². The number of carbonyl (C=O) groups excluding carboxylic acids is 1. The third-order valence-electron chi connectivity index (χ3n) is 3.85. The SMILES string of the molecule is NC(=O)c1ccccc1Oc1ncnc2scc(-c3ccc(Cl)cc3)c12. The van der Waals surface area contributed by atoms with Gasteiger partial charge in [-0.2, -0.15) is 0 Å². The number of rotatable bonds is 4. The van der Waals surface area contributed by atoms with Gasteiger partial charge in [-0.1, -0.05) is 35.9 Å². The number of benzene rings is 2. The van der Waals surface area contributed by atoms with Gasteiger partial charge in [0.25, 0.3) is 5.91 Å². The van der Waals surface area contributed by atoms with Gasteiger partial charge in [-0.15, -0.1) is 11.3 Å². The first-order valence-electron chi connectivity index (χ1n) is 7.68. The number of hydrogen-bond acceptors (Lipinski definition) is 5. The van der Waals surface area contributed by atoms with Crippen LogP contribution in [-0.4, -0.2) is 15.9 Å². The molecule has 0 bridgehead atoms. The second kappa shape index (κ2) is 6.74. The maximum Gasteiger partial charge on any atom is 0.252 e. The molecule has 0 spiro atoms. The molecule has 128 valence electrons. The van der Waals surface area contributed by atoms with Crippen LogP contribution < -0.4 is 10.5 Å². The smallest absolute Gasteiger partial charge is 0.252 e. The monoisotopic (exact) mass is 381 g/mol. The zero-order valence-electron chi connectivity index (χ0n) is 13.3. The summed E-state index contributed by atoms with van der Waals surface area (Å²) >= 11 is 7.48. The molecule has 0 aliphatic carbocycles. The van der Waals surface area contributed by atoms with E-state index in [0.717, 1.165) is 21.3 Å². The van der Waals surface area contributed by atoms with Crippen molar-refractivity contribution in [3.63, 3.8) is 0 Å². The first-order chi connectivity index (χ1) is 12.6. The first kappa shape index (κ1) is 16.5. The summed E-state index contributed by atoms with van der Waals surface area (Å²) in [6.07, 6.45) is 1.44. The van der Waals surface area contributed by atoms with Crippen molar-refractivity contribution < 1.29 is 9.53 Å². The Morgan fingerprint density at radius 2 is 1.85 bits per heavy atom. The van der Waals surface area contributed by atoms with Gasteiger partial charge in [-0.3, -0.25) is 4.79 Å². The number of primary amides is 1. The number of nitrogens with two attached hydrogens (primary N) is 1. The average Bonchev–Trinajstić information content (AvgIpc) is 3.08. The average molecular weight is 382 g/mol. The second-order valence-corrected chi connectivity index (χ2v) is 6.77. The van der Waals surface area contributed by atoms with Crippen LogP contribution in [0, 0.1) is 0 Å². The van der Waals surface area contributed by atoms with Crippen LogP contribution in [-0.2, 0) is 0 Å². The molecule has 5 nitrogen and oxygen atoms in total. The number of hydrogen-bond donors (Lipinski definition) is 1. The summed E-state index contributed by atoms with van der Waals surface area (Å²) in [5.74, 6) is 0.164. The van der Waals surface area contributed by atoms with Crippen molar-refractivity contribution in [2.24, 2.45) is 5.73 Å². The number of nitrogens with zero attached hydrogens (tertiary/aromatic N) is 2. The van der Waals surface area contributed by atoms with Gasteiger partial charge < -0.3 is 10.5 Å². The molecule has 0 saturated carbocycles. The Morgan fingerprint density at radius 3 is 2.62 bits per heavy atom. The lowest BCUT2D eigenvalue weighted by molar-refractivity contribution is 0.0998. The summed E-state index contributed by atoms with van der Waals surface area (Å²) in [7, 11) is 0. The molecule has 2 N–H and O–H groups in total. The maximum absolute atomic E-state index is 11.6. The van der Waals surface area contributed by atoms with Crippen LogP contribution in [0.3, 0.4) is 0 Å². The molecule has 0 aliphatic heterocycles. The lowest BCUT2D eigenvalue weighted by Gasteiger charge is -2.10. The third-order valence-corrected chi connectivity index (χ3v) is 4.99. The minimum Gasteiger partial charge on any atom is -0.437 e. The molecule has 2 aromatic carbocycles. The molecule has 0 fully saturated rings.